The van der Waals surface area contributed by atoms with Gasteiger partial charge in [0.15, 0.2) is 0 Å². The Morgan fingerprint density at radius 2 is 1.91 bits per heavy atom. The maximum absolute atomic E-state index is 13.2. The summed E-state index contributed by atoms with van der Waals surface area (Å²) in [6, 6.07) is 15.0. The van der Waals surface area contributed by atoms with Gasteiger partial charge in [0.2, 0.25) is 0 Å². The van der Waals surface area contributed by atoms with Crippen molar-refractivity contribution in [2.75, 3.05) is 6.61 Å². The zero-order valence-corrected chi connectivity index (χ0v) is 19.7. The Morgan fingerprint density at radius 3 is 2.56 bits per heavy atom. The summed E-state index contributed by atoms with van der Waals surface area (Å²) in [6.07, 6.45) is 4.17. The van der Waals surface area contributed by atoms with Gasteiger partial charge in [-0.15, -0.1) is 0 Å². The number of hydrogen-bond donors (Lipinski definition) is 1. The largest absolute Gasteiger partial charge is 0.507 e. The molecule has 4 rings (SSSR count). The molecule has 1 atom stereocenters. The Labute approximate surface area is 203 Å². The van der Waals surface area contributed by atoms with Crippen molar-refractivity contribution in [1.29, 1.82) is 0 Å². The number of pyridine rings is 1. The molecule has 6 nitrogen and oxygen atoms in total. The lowest BCUT2D eigenvalue weighted by Crippen LogP contribution is -2.29. The van der Waals surface area contributed by atoms with Crippen LogP contribution in [0.25, 0.3) is 5.76 Å². The molecule has 2 aromatic carbocycles. The fraction of sp³-hybridized carbons (Fsp3) is 0.222. The lowest BCUT2D eigenvalue weighted by molar-refractivity contribution is -0.140. The van der Waals surface area contributed by atoms with Crippen LogP contribution in [0.3, 0.4) is 0 Å². The van der Waals surface area contributed by atoms with Gasteiger partial charge in [-0.05, 0) is 66.4 Å². The second-order valence-electron chi connectivity index (χ2n) is 8.17. The zero-order chi connectivity index (χ0) is 24.2. The first-order chi connectivity index (χ1) is 16.4. The fourth-order valence-electron chi connectivity index (χ4n) is 4.08. The number of carbonyl (C=O) groups is 2. The van der Waals surface area contributed by atoms with Crippen LogP contribution in [0.2, 0.25) is 5.02 Å². The SMILES string of the molecule is CCCOc1ccc(/C(O)=C2\C(=O)C(=O)N(Cc3cccnc3)C2c2ccc(Cl)cc2)c(C)c1. The van der Waals surface area contributed by atoms with Crippen molar-refractivity contribution in [3.05, 3.63) is 99.8 Å². The summed E-state index contributed by atoms with van der Waals surface area (Å²) in [6.45, 7) is 4.61. The van der Waals surface area contributed by atoms with Gasteiger partial charge < -0.3 is 14.7 Å². The van der Waals surface area contributed by atoms with Crippen LogP contribution in [0.1, 0.15) is 41.6 Å². The van der Waals surface area contributed by atoms with Gasteiger partial charge in [0, 0.05) is 29.5 Å². The van der Waals surface area contributed by atoms with E-state index in [1.54, 1.807) is 54.9 Å². The lowest BCUT2D eigenvalue weighted by atomic mass is 9.94. The van der Waals surface area contributed by atoms with Crippen molar-refractivity contribution < 1.29 is 19.4 Å². The van der Waals surface area contributed by atoms with E-state index in [2.05, 4.69) is 4.98 Å². The summed E-state index contributed by atoms with van der Waals surface area (Å²) in [7, 11) is 0. The second kappa shape index (κ2) is 10.1. The van der Waals surface area contributed by atoms with Crippen LogP contribution >= 0.6 is 11.6 Å². The highest BCUT2D eigenvalue weighted by Crippen LogP contribution is 2.41. The van der Waals surface area contributed by atoms with E-state index in [0.29, 0.717) is 28.5 Å². The normalized spacial score (nSPS) is 17.3. The number of aliphatic hydroxyl groups excluding tert-OH is 1. The quantitative estimate of drug-likeness (QED) is 0.278. The van der Waals surface area contributed by atoms with Crippen LogP contribution in [0.4, 0.5) is 0 Å². The molecular weight excluding hydrogens is 452 g/mol. The fourth-order valence-corrected chi connectivity index (χ4v) is 4.21. The molecule has 0 bridgehead atoms. The molecule has 1 N–H and O–H groups in total. The molecule has 0 saturated carbocycles. The maximum Gasteiger partial charge on any atom is 0.295 e. The molecule has 1 fully saturated rings. The van der Waals surface area contributed by atoms with Gasteiger partial charge in [0.05, 0.1) is 18.2 Å². The van der Waals surface area contributed by atoms with Crippen molar-refractivity contribution in [2.24, 2.45) is 0 Å². The second-order valence-corrected chi connectivity index (χ2v) is 8.60. The summed E-state index contributed by atoms with van der Waals surface area (Å²) in [5.41, 5.74) is 2.70. The highest BCUT2D eigenvalue weighted by Gasteiger charge is 2.46. The molecule has 2 heterocycles. The number of ether oxygens (including phenoxy) is 1. The van der Waals surface area contributed by atoms with Crippen molar-refractivity contribution >= 4 is 29.1 Å². The Balaban J connectivity index is 1.82. The number of aromatic nitrogens is 1. The Kier molecular flexibility index (Phi) is 6.98. The van der Waals surface area contributed by atoms with Gasteiger partial charge in [0.1, 0.15) is 11.5 Å². The van der Waals surface area contributed by atoms with Gasteiger partial charge >= 0.3 is 0 Å². The molecule has 1 saturated heterocycles. The smallest absolute Gasteiger partial charge is 0.295 e. The van der Waals surface area contributed by atoms with Crippen LogP contribution in [-0.4, -0.2) is 33.3 Å². The Morgan fingerprint density at radius 1 is 1.15 bits per heavy atom. The molecule has 7 heteroatoms. The summed E-state index contributed by atoms with van der Waals surface area (Å²) in [5.74, 6) is -0.938. The van der Waals surface area contributed by atoms with E-state index < -0.39 is 17.7 Å². The predicted octanol–water partition coefficient (Wildman–Crippen LogP) is 5.45. The van der Waals surface area contributed by atoms with E-state index >= 15 is 0 Å². The van der Waals surface area contributed by atoms with Crippen LogP contribution < -0.4 is 4.74 Å². The average Bonchev–Trinajstić information content (AvgIpc) is 3.08. The molecule has 0 aliphatic carbocycles. The minimum absolute atomic E-state index is 0.0431. The van der Waals surface area contributed by atoms with Gasteiger partial charge in [-0.2, -0.15) is 0 Å². The van der Waals surface area contributed by atoms with Crippen molar-refractivity contribution in [3.63, 3.8) is 0 Å². The van der Waals surface area contributed by atoms with Gasteiger partial charge in [-0.3, -0.25) is 14.6 Å². The molecule has 1 aliphatic rings. The van der Waals surface area contributed by atoms with E-state index in [1.807, 2.05) is 26.0 Å². The van der Waals surface area contributed by atoms with E-state index in [9.17, 15) is 14.7 Å². The Bertz CT molecular complexity index is 1240. The number of likely N-dealkylation sites (tertiary alicyclic amines) is 1. The third kappa shape index (κ3) is 4.68. The predicted molar refractivity (Wildman–Crippen MR) is 131 cm³/mol. The van der Waals surface area contributed by atoms with Crippen molar-refractivity contribution in [3.8, 4) is 5.75 Å². The van der Waals surface area contributed by atoms with E-state index in [1.165, 1.54) is 4.90 Å². The highest BCUT2D eigenvalue weighted by atomic mass is 35.5. The monoisotopic (exact) mass is 476 g/mol. The highest BCUT2D eigenvalue weighted by molar-refractivity contribution is 6.46. The van der Waals surface area contributed by atoms with Crippen LogP contribution in [0, 0.1) is 6.92 Å². The van der Waals surface area contributed by atoms with E-state index in [-0.39, 0.29) is 17.9 Å². The van der Waals surface area contributed by atoms with Crippen molar-refractivity contribution in [2.45, 2.75) is 32.9 Å². The lowest BCUT2D eigenvalue weighted by Gasteiger charge is -2.25. The number of Topliss-reactive ketones (excluding diaryl/α,β-unsaturated/α-hetero) is 1. The number of hydrogen-bond acceptors (Lipinski definition) is 5. The molecule has 3 aromatic rings. The van der Waals surface area contributed by atoms with Gasteiger partial charge in [-0.25, -0.2) is 0 Å². The first-order valence-electron chi connectivity index (χ1n) is 11.1. The van der Waals surface area contributed by atoms with Gasteiger partial charge in [0.25, 0.3) is 11.7 Å². The number of carbonyl (C=O) groups excluding carboxylic acids is 2. The molecule has 1 aromatic heterocycles. The number of aryl methyl sites for hydroxylation is 1. The third-order valence-corrected chi connectivity index (χ3v) is 5.98. The molecule has 34 heavy (non-hydrogen) atoms. The zero-order valence-electron chi connectivity index (χ0n) is 19.0. The van der Waals surface area contributed by atoms with Crippen LogP contribution in [0.15, 0.2) is 72.6 Å². The molecule has 1 unspecified atom stereocenters. The summed E-state index contributed by atoms with van der Waals surface area (Å²) < 4.78 is 5.67. The summed E-state index contributed by atoms with van der Waals surface area (Å²) in [4.78, 5) is 31.9. The number of aliphatic hydroxyl groups is 1. The number of amides is 1. The number of nitrogens with zero attached hydrogens (tertiary/aromatic N) is 2. The van der Waals surface area contributed by atoms with E-state index in [0.717, 1.165) is 17.5 Å². The number of rotatable bonds is 7. The first-order valence-corrected chi connectivity index (χ1v) is 11.4. The first kappa shape index (κ1) is 23.5. The summed E-state index contributed by atoms with van der Waals surface area (Å²) in [5, 5.41) is 11.9. The molecule has 174 valence electrons. The molecule has 0 spiro atoms. The standard InChI is InChI=1S/C27H25ClN2O4/c1-3-13-34-21-10-11-22(17(2)14-21)25(31)23-24(19-6-8-20(28)9-7-19)30(27(33)26(23)32)16-18-5-4-12-29-15-18/h4-12,14-15,24,31H,3,13,16H2,1-2H3/b25-23+. The molecule has 0 radical (unpaired) electrons. The number of benzene rings is 2. The number of halogens is 1. The maximum atomic E-state index is 13.2. The topological polar surface area (TPSA) is 79.7 Å². The van der Waals surface area contributed by atoms with Crippen LogP contribution in [0.5, 0.6) is 5.75 Å². The number of ketones is 1. The molecule has 1 aliphatic heterocycles. The minimum Gasteiger partial charge on any atom is -0.507 e. The van der Waals surface area contributed by atoms with Crippen LogP contribution in [-0.2, 0) is 16.1 Å². The Hall–Kier alpha value is -3.64. The average molecular weight is 477 g/mol. The summed E-state index contributed by atoms with van der Waals surface area (Å²) >= 11 is 6.08. The van der Waals surface area contributed by atoms with Crippen molar-refractivity contribution in [1.82, 2.24) is 9.88 Å². The molecule has 1 amide bonds. The third-order valence-electron chi connectivity index (χ3n) is 5.73. The van der Waals surface area contributed by atoms with E-state index in [4.69, 9.17) is 16.3 Å². The minimum atomic E-state index is -0.770. The molecular formula is C27H25ClN2O4. The van der Waals surface area contributed by atoms with Gasteiger partial charge in [-0.1, -0.05) is 36.7 Å².